The summed E-state index contributed by atoms with van der Waals surface area (Å²) in [6.45, 7) is 1.82. The Hall–Kier alpha value is -1.56. The molecule has 6 heteroatoms. The van der Waals surface area contributed by atoms with Crippen LogP contribution in [0.5, 0.6) is 0 Å². The maximum absolute atomic E-state index is 12.5. The van der Waals surface area contributed by atoms with Crippen LogP contribution >= 0.6 is 15.9 Å². The van der Waals surface area contributed by atoms with Gasteiger partial charge in [0.25, 0.3) is 5.91 Å². The van der Waals surface area contributed by atoms with Crippen LogP contribution in [0.25, 0.3) is 0 Å². The van der Waals surface area contributed by atoms with Crippen LogP contribution in [-0.2, 0) is 4.79 Å². The van der Waals surface area contributed by atoms with E-state index in [-0.39, 0.29) is 17.9 Å². The van der Waals surface area contributed by atoms with Crippen LogP contribution in [0, 0.1) is 0 Å². The van der Waals surface area contributed by atoms with Crippen molar-refractivity contribution < 1.29 is 9.59 Å². The van der Waals surface area contributed by atoms with Gasteiger partial charge in [0.15, 0.2) is 0 Å². The summed E-state index contributed by atoms with van der Waals surface area (Å²) in [4.78, 5) is 27.9. The van der Waals surface area contributed by atoms with Gasteiger partial charge in [0, 0.05) is 42.3 Å². The summed E-state index contributed by atoms with van der Waals surface area (Å²) in [6, 6.07) is 5.48. The van der Waals surface area contributed by atoms with Crippen molar-refractivity contribution in [1.29, 1.82) is 0 Å². The van der Waals surface area contributed by atoms with Gasteiger partial charge in [-0.25, -0.2) is 0 Å². The highest BCUT2D eigenvalue weighted by molar-refractivity contribution is 9.10. The van der Waals surface area contributed by atoms with E-state index in [1.807, 2.05) is 11.0 Å². The van der Waals surface area contributed by atoms with Gasteiger partial charge in [-0.15, -0.1) is 0 Å². The molecule has 2 N–H and O–H groups in total. The number of benzene rings is 1. The third kappa shape index (κ3) is 2.28. The number of halogens is 1. The van der Waals surface area contributed by atoms with E-state index in [4.69, 9.17) is 5.73 Å². The summed E-state index contributed by atoms with van der Waals surface area (Å²) < 4.78 is 0.859. The molecular formula is C14H16BrN3O2. The molecule has 3 rings (SSSR count). The Bertz CT molecular complexity index is 576. The summed E-state index contributed by atoms with van der Waals surface area (Å²) in [7, 11) is 0. The quantitative estimate of drug-likeness (QED) is 0.789. The summed E-state index contributed by atoms with van der Waals surface area (Å²) >= 11 is 3.34. The summed E-state index contributed by atoms with van der Waals surface area (Å²) in [5.41, 5.74) is 6.93. The highest BCUT2D eigenvalue weighted by atomic mass is 79.9. The second kappa shape index (κ2) is 5.09. The molecule has 0 saturated carbocycles. The number of nitrogen functional groups attached to an aromatic ring is 1. The van der Waals surface area contributed by atoms with Crippen molar-refractivity contribution in [3.63, 3.8) is 0 Å². The van der Waals surface area contributed by atoms with Crippen molar-refractivity contribution in [3.8, 4) is 0 Å². The molecular weight excluding hydrogens is 322 g/mol. The van der Waals surface area contributed by atoms with Gasteiger partial charge in [0.2, 0.25) is 5.91 Å². The highest BCUT2D eigenvalue weighted by Gasteiger charge is 2.37. The van der Waals surface area contributed by atoms with Crippen molar-refractivity contribution >= 4 is 33.4 Å². The molecule has 2 aliphatic heterocycles. The number of amides is 2. The fraction of sp³-hybridized carbons (Fsp3) is 0.429. The van der Waals surface area contributed by atoms with Gasteiger partial charge in [-0.1, -0.05) is 15.9 Å². The lowest BCUT2D eigenvalue weighted by molar-refractivity contribution is -0.130. The topological polar surface area (TPSA) is 66.6 Å². The smallest absolute Gasteiger partial charge is 0.256 e. The van der Waals surface area contributed by atoms with Crippen LogP contribution in [0.2, 0.25) is 0 Å². The number of anilines is 1. The zero-order valence-corrected chi connectivity index (χ0v) is 12.6. The standard InChI is InChI=1S/C14H16BrN3O2/c15-9-1-3-11(12(16)7-9)14(20)17-5-6-18-10(8-17)2-4-13(18)19/h1,3,7,10H,2,4-6,8,16H2. The minimum absolute atomic E-state index is 0.0472. The molecule has 20 heavy (non-hydrogen) atoms. The molecule has 0 bridgehead atoms. The van der Waals surface area contributed by atoms with Crippen molar-refractivity contribution in [2.45, 2.75) is 18.9 Å². The fourth-order valence-corrected chi connectivity index (χ4v) is 3.33. The van der Waals surface area contributed by atoms with Crippen LogP contribution < -0.4 is 5.73 Å². The summed E-state index contributed by atoms with van der Waals surface area (Å²) in [5, 5.41) is 0. The molecule has 2 heterocycles. The normalized spacial score (nSPS) is 22.1. The van der Waals surface area contributed by atoms with Crippen molar-refractivity contribution in [1.82, 2.24) is 9.80 Å². The first-order valence-corrected chi connectivity index (χ1v) is 7.49. The van der Waals surface area contributed by atoms with Crippen LogP contribution in [-0.4, -0.2) is 47.3 Å². The van der Waals surface area contributed by atoms with Gasteiger partial charge >= 0.3 is 0 Å². The van der Waals surface area contributed by atoms with Crippen molar-refractivity contribution in [3.05, 3.63) is 28.2 Å². The van der Waals surface area contributed by atoms with Crippen molar-refractivity contribution in [2.75, 3.05) is 25.4 Å². The van der Waals surface area contributed by atoms with Crippen molar-refractivity contribution in [2.24, 2.45) is 0 Å². The molecule has 1 aromatic carbocycles. The third-order valence-electron chi connectivity index (χ3n) is 4.03. The van der Waals surface area contributed by atoms with E-state index in [0.29, 0.717) is 37.3 Å². The van der Waals surface area contributed by atoms with E-state index in [2.05, 4.69) is 15.9 Å². The molecule has 1 unspecified atom stereocenters. The first-order valence-electron chi connectivity index (χ1n) is 6.70. The molecule has 2 fully saturated rings. The molecule has 2 saturated heterocycles. The van der Waals surface area contributed by atoms with Gasteiger partial charge in [-0.2, -0.15) is 0 Å². The van der Waals surface area contributed by atoms with E-state index in [0.717, 1.165) is 10.9 Å². The Kier molecular flexibility index (Phi) is 3.41. The zero-order chi connectivity index (χ0) is 14.3. The van der Waals surface area contributed by atoms with E-state index >= 15 is 0 Å². The number of carbonyl (C=O) groups is 2. The zero-order valence-electron chi connectivity index (χ0n) is 11.0. The molecule has 2 amide bonds. The minimum atomic E-state index is -0.0472. The van der Waals surface area contributed by atoms with E-state index in [1.54, 1.807) is 17.0 Å². The highest BCUT2D eigenvalue weighted by Crippen LogP contribution is 2.25. The lowest BCUT2D eigenvalue weighted by Crippen LogP contribution is -2.53. The number of nitrogens with zero attached hydrogens (tertiary/aromatic N) is 2. The molecule has 0 spiro atoms. The molecule has 0 radical (unpaired) electrons. The molecule has 1 aromatic rings. The SMILES string of the molecule is Nc1cc(Br)ccc1C(=O)N1CCN2C(=O)CCC2C1. The second-order valence-corrected chi connectivity index (χ2v) is 6.18. The maximum atomic E-state index is 12.5. The maximum Gasteiger partial charge on any atom is 0.256 e. The number of fused-ring (bicyclic) bond motifs is 1. The van der Waals surface area contributed by atoms with Gasteiger partial charge in [-0.3, -0.25) is 9.59 Å². The minimum Gasteiger partial charge on any atom is -0.398 e. The predicted molar refractivity (Wildman–Crippen MR) is 79.2 cm³/mol. The van der Waals surface area contributed by atoms with E-state index in [9.17, 15) is 9.59 Å². The van der Waals surface area contributed by atoms with E-state index < -0.39 is 0 Å². The van der Waals surface area contributed by atoms with Crippen LogP contribution in [0.4, 0.5) is 5.69 Å². The number of carbonyl (C=O) groups excluding carboxylic acids is 2. The molecule has 2 aliphatic rings. The summed E-state index contributed by atoms with van der Waals surface area (Å²) in [5.74, 6) is 0.166. The van der Waals surface area contributed by atoms with Gasteiger partial charge in [0.1, 0.15) is 0 Å². The number of rotatable bonds is 1. The molecule has 106 valence electrons. The predicted octanol–water partition coefficient (Wildman–Crippen LogP) is 1.48. The second-order valence-electron chi connectivity index (χ2n) is 5.26. The molecule has 0 aliphatic carbocycles. The van der Waals surface area contributed by atoms with Gasteiger partial charge in [-0.05, 0) is 24.6 Å². The first-order chi connectivity index (χ1) is 9.56. The molecule has 5 nitrogen and oxygen atoms in total. The first kappa shape index (κ1) is 13.4. The monoisotopic (exact) mass is 337 g/mol. The number of piperazine rings is 1. The van der Waals surface area contributed by atoms with Gasteiger partial charge in [0.05, 0.1) is 5.56 Å². The average Bonchev–Trinajstić information content (AvgIpc) is 2.79. The lowest BCUT2D eigenvalue weighted by Gasteiger charge is -2.37. The molecule has 0 aromatic heterocycles. The Labute approximate surface area is 125 Å². The number of hydrogen-bond donors (Lipinski definition) is 1. The average molecular weight is 338 g/mol. The number of nitrogens with two attached hydrogens (primary N) is 1. The summed E-state index contributed by atoms with van der Waals surface area (Å²) in [6.07, 6.45) is 1.45. The Morgan fingerprint density at radius 1 is 1.35 bits per heavy atom. The van der Waals surface area contributed by atoms with Crippen LogP contribution in [0.15, 0.2) is 22.7 Å². The Morgan fingerprint density at radius 2 is 2.15 bits per heavy atom. The van der Waals surface area contributed by atoms with E-state index in [1.165, 1.54) is 0 Å². The lowest BCUT2D eigenvalue weighted by atomic mass is 10.1. The third-order valence-corrected chi connectivity index (χ3v) is 4.52. The number of hydrogen-bond acceptors (Lipinski definition) is 3. The Balaban J connectivity index is 1.77. The van der Waals surface area contributed by atoms with Crippen LogP contribution in [0.3, 0.4) is 0 Å². The Morgan fingerprint density at radius 3 is 2.90 bits per heavy atom. The largest absolute Gasteiger partial charge is 0.398 e. The van der Waals surface area contributed by atoms with Crippen LogP contribution in [0.1, 0.15) is 23.2 Å². The fourth-order valence-electron chi connectivity index (χ4n) is 2.95. The van der Waals surface area contributed by atoms with Gasteiger partial charge < -0.3 is 15.5 Å². The molecule has 1 atom stereocenters.